The molecule has 0 saturated carbocycles. The standard InChI is InChI=1S/C39H25N3S/c1-4-11-26(12-5-1)29-17-10-18-30(23-29)31-20-22-35-34(24-31)33-21-19-32(25-36(33)43-35)39-41-37(27-13-6-2-7-14-27)40-38(42-39)28-15-8-3-9-16-28/h1-25H. The minimum Gasteiger partial charge on any atom is -0.208 e. The normalized spacial score (nSPS) is 11.3. The first-order chi connectivity index (χ1) is 21.3. The van der Waals surface area contributed by atoms with E-state index >= 15 is 0 Å². The van der Waals surface area contributed by atoms with Gasteiger partial charge >= 0.3 is 0 Å². The van der Waals surface area contributed by atoms with Crippen LogP contribution in [0.15, 0.2) is 152 Å². The molecule has 43 heavy (non-hydrogen) atoms. The van der Waals surface area contributed by atoms with Crippen LogP contribution in [0.25, 0.3) is 76.6 Å². The second-order valence-corrected chi connectivity index (χ2v) is 11.6. The van der Waals surface area contributed by atoms with Gasteiger partial charge in [-0.3, -0.25) is 0 Å². The molecule has 202 valence electrons. The number of hydrogen-bond donors (Lipinski definition) is 0. The number of thiophene rings is 1. The number of aromatic nitrogens is 3. The molecule has 4 heteroatoms. The van der Waals surface area contributed by atoms with E-state index in [4.69, 9.17) is 15.0 Å². The number of benzene rings is 6. The van der Waals surface area contributed by atoms with E-state index in [1.807, 2.05) is 60.7 Å². The Kier molecular flexibility index (Phi) is 6.32. The highest BCUT2D eigenvalue weighted by Crippen LogP contribution is 2.39. The van der Waals surface area contributed by atoms with Crippen molar-refractivity contribution >= 4 is 31.5 Å². The van der Waals surface area contributed by atoms with Gasteiger partial charge in [-0.25, -0.2) is 15.0 Å². The minimum atomic E-state index is 0.670. The summed E-state index contributed by atoms with van der Waals surface area (Å²) in [5, 5.41) is 2.50. The Balaban J connectivity index is 1.22. The van der Waals surface area contributed by atoms with Crippen LogP contribution in [0.2, 0.25) is 0 Å². The van der Waals surface area contributed by atoms with Crippen molar-refractivity contribution in [3.63, 3.8) is 0 Å². The molecule has 0 bridgehead atoms. The summed E-state index contributed by atoms with van der Waals surface area (Å²) in [6, 6.07) is 52.9. The molecule has 2 aromatic heterocycles. The van der Waals surface area contributed by atoms with Crippen LogP contribution in [-0.4, -0.2) is 15.0 Å². The molecule has 0 aliphatic rings. The van der Waals surface area contributed by atoms with Gasteiger partial charge in [-0.2, -0.15) is 0 Å². The molecular weight excluding hydrogens is 543 g/mol. The van der Waals surface area contributed by atoms with Crippen LogP contribution < -0.4 is 0 Å². The summed E-state index contributed by atoms with van der Waals surface area (Å²) in [5.74, 6) is 2.01. The topological polar surface area (TPSA) is 38.7 Å². The average molecular weight is 568 g/mol. The van der Waals surface area contributed by atoms with Crippen molar-refractivity contribution in [1.82, 2.24) is 15.0 Å². The van der Waals surface area contributed by atoms with Crippen molar-refractivity contribution in [3.05, 3.63) is 152 Å². The van der Waals surface area contributed by atoms with Gasteiger partial charge in [0.05, 0.1) is 0 Å². The highest BCUT2D eigenvalue weighted by atomic mass is 32.1. The first kappa shape index (κ1) is 25.3. The number of hydrogen-bond acceptors (Lipinski definition) is 4. The Morgan fingerprint density at radius 1 is 0.302 bits per heavy atom. The molecule has 6 aromatic carbocycles. The molecule has 0 aliphatic heterocycles. The van der Waals surface area contributed by atoms with Gasteiger partial charge in [0.25, 0.3) is 0 Å². The molecule has 0 radical (unpaired) electrons. The van der Waals surface area contributed by atoms with Crippen LogP contribution in [-0.2, 0) is 0 Å². The van der Waals surface area contributed by atoms with Crippen LogP contribution in [0.3, 0.4) is 0 Å². The first-order valence-electron chi connectivity index (χ1n) is 14.3. The maximum Gasteiger partial charge on any atom is 0.164 e. The van der Waals surface area contributed by atoms with Crippen molar-refractivity contribution in [2.45, 2.75) is 0 Å². The van der Waals surface area contributed by atoms with E-state index in [9.17, 15) is 0 Å². The Morgan fingerprint density at radius 3 is 1.42 bits per heavy atom. The molecule has 8 rings (SSSR count). The van der Waals surface area contributed by atoms with Gasteiger partial charge in [-0.05, 0) is 46.5 Å². The van der Waals surface area contributed by atoms with E-state index < -0.39 is 0 Å². The molecule has 0 spiro atoms. The van der Waals surface area contributed by atoms with E-state index in [1.165, 1.54) is 42.4 Å². The van der Waals surface area contributed by atoms with E-state index in [-0.39, 0.29) is 0 Å². The SMILES string of the molecule is c1ccc(-c2cccc(-c3ccc4sc5cc(-c6nc(-c7ccccc7)nc(-c7ccccc7)n6)ccc5c4c3)c2)cc1. The lowest BCUT2D eigenvalue weighted by molar-refractivity contribution is 1.07. The molecule has 8 aromatic rings. The highest BCUT2D eigenvalue weighted by molar-refractivity contribution is 7.25. The van der Waals surface area contributed by atoms with Crippen LogP contribution in [0, 0.1) is 0 Å². The van der Waals surface area contributed by atoms with Gasteiger partial charge < -0.3 is 0 Å². The summed E-state index contributed by atoms with van der Waals surface area (Å²) < 4.78 is 2.48. The molecule has 0 atom stereocenters. The Bertz CT molecular complexity index is 2170. The molecule has 3 nitrogen and oxygen atoms in total. The average Bonchev–Trinajstić information content (AvgIpc) is 3.46. The molecule has 0 saturated heterocycles. The van der Waals surface area contributed by atoms with Crippen LogP contribution >= 0.6 is 11.3 Å². The predicted octanol–water partition coefficient (Wildman–Crippen LogP) is 10.6. The highest BCUT2D eigenvalue weighted by Gasteiger charge is 2.14. The summed E-state index contributed by atoms with van der Waals surface area (Å²) in [4.78, 5) is 14.7. The third-order valence-corrected chi connectivity index (χ3v) is 8.87. The van der Waals surface area contributed by atoms with Gasteiger partial charge in [0.2, 0.25) is 0 Å². The van der Waals surface area contributed by atoms with Gasteiger partial charge in [-0.1, -0.05) is 127 Å². The molecule has 0 amide bonds. The maximum absolute atomic E-state index is 4.93. The zero-order valence-corrected chi connectivity index (χ0v) is 24.0. The molecule has 0 fully saturated rings. The molecular formula is C39H25N3S. The summed E-state index contributed by atoms with van der Waals surface area (Å²) >= 11 is 1.80. The Morgan fingerprint density at radius 2 is 0.791 bits per heavy atom. The van der Waals surface area contributed by atoms with Crippen LogP contribution in [0.4, 0.5) is 0 Å². The third-order valence-electron chi connectivity index (χ3n) is 7.73. The predicted molar refractivity (Wildman–Crippen MR) is 180 cm³/mol. The zero-order chi connectivity index (χ0) is 28.6. The molecule has 2 heterocycles. The second-order valence-electron chi connectivity index (χ2n) is 10.5. The van der Waals surface area contributed by atoms with Crippen LogP contribution in [0.1, 0.15) is 0 Å². The van der Waals surface area contributed by atoms with Crippen molar-refractivity contribution in [3.8, 4) is 56.4 Å². The zero-order valence-electron chi connectivity index (χ0n) is 23.2. The smallest absolute Gasteiger partial charge is 0.164 e. The second kappa shape index (κ2) is 10.8. The summed E-state index contributed by atoms with van der Waals surface area (Å²) in [5.41, 5.74) is 7.79. The van der Waals surface area contributed by atoms with Crippen LogP contribution in [0.5, 0.6) is 0 Å². The lowest BCUT2D eigenvalue weighted by Crippen LogP contribution is -1.99. The molecule has 0 N–H and O–H groups in total. The van der Waals surface area contributed by atoms with E-state index in [1.54, 1.807) is 11.3 Å². The Labute approximate surface area is 253 Å². The van der Waals surface area contributed by atoms with Gasteiger partial charge in [-0.15, -0.1) is 11.3 Å². The Hall–Kier alpha value is -5.45. The lowest BCUT2D eigenvalue weighted by Gasteiger charge is -2.08. The molecule has 0 aliphatic carbocycles. The van der Waals surface area contributed by atoms with Crippen molar-refractivity contribution in [2.24, 2.45) is 0 Å². The minimum absolute atomic E-state index is 0.670. The lowest BCUT2D eigenvalue weighted by atomic mass is 9.98. The van der Waals surface area contributed by atoms with Gasteiger partial charge in [0, 0.05) is 36.9 Å². The number of rotatable bonds is 5. The van der Waals surface area contributed by atoms with Crippen molar-refractivity contribution in [1.29, 1.82) is 0 Å². The van der Waals surface area contributed by atoms with Gasteiger partial charge in [0.1, 0.15) is 0 Å². The summed E-state index contributed by atoms with van der Waals surface area (Å²) in [6.45, 7) is 0. The maximum atomic E-state index is 4.93. The fourth-order valence-electron chi connectivity index (χ4n) is 5.54. The summed E-state index contributed by atoms with van der Waals surface area (Å²) in [7, 11) is 0. The van der Waals surface area contributed by atoms with Crippen molar-refractivity contribution in [2.75, 3.05) is 0 Å². The van der Waals surface area contributed by atoms with Gasteiger partial charge in [0.15, 0.2) is 17.5 Å². The third kappa shape index (κ3) is 4.88. The largest absolute Gasteiger partial charge is 0.208 e. The monoisotopic (exact) mass is 567 g/mol. The number of nitrogens with zero attached hydrogens (tertiary/aromatic N) is 3. The fraction of sp³-hybridized carbons (Fsp3) is 0. The molecule has 0 unspecified atom stereocenters. The fourth-order valence-corrected chi connectivity index (χ4v) is 6.67. The first-order valence-corrected chi connectivity index (χ1v) is 15.1. The number of fused-ring (bicyclic) bond motifs is 3. The van der Waals surface area contributed by atoms with E-state index in [0.29, 0.717) is 17.5 Å². The van der Waals surface area contributed by atoms with E-state index in [0.717, 1.165) is 16.7 Å². The van der Waals surface area contributed by atoms with Crippen molar-refractivity contribution < 1.29 is 0 Å². The van der Waals surface area contributed by atoms with E-state index in [2.05, 4.69) is 91.0 Å². The quantitative estimate of drug-likeness (QED) is 0.208. The summed E-state index contributed by atoms with van der Waals surface area (Å²) in [6.07, 6.45) is 0.